The lowest BCUT2D eigenvalue weighted by Crippen LogP contribution is -2.30. The van der Waals surface area contributed by atoms with E-state index in [4.69, 9.17) is 0 Å². The fourth-order valence-electron chi connectivity index (χ4n) is 3.26. The number of nitrogens with one attached hydrogen (secondary N) is 1. The molecule has 0 radical (unpaired) electrons. The van der Waals surface area contributed by atoms with E-state index in [2.05, 4.69) is 50.4 Å². The molecule has 0 amide bonds. The number of rotatable bonds is 4. The minimum atomic E-state index is 0.558. The van der Waals surface area contributed by atoms with E-state index in [1.54, 1.807) is 0 Å². The predicted molar refractivity (Wildman–Crippen MR) is 78.7 cm³/mol. The summed E-state index contributed by atoms with van der Waals surface area (Å²) >= 11 is 0. The molecule has 0 aliphatic heterocycles. The van der Waals surface area contributed by atoms with E-state index in [1.165, 1.54) is 36.8 Å². The van der Waals surface area contributed by atoms with Gasteiger partial charge in [0.2, 0.25) is 0 Å². The predicted octanol–water partition coefficient (Wildman–Crippen LogP) is 4.47. The fraction of sp³-hybridized carbons (Fsp3) is 0.647. The van der Waals surface area contributed by atoms with Gasteiger partial charge in [0.15, 0.2) is 0 Å². The molecule has 1 saturated carbocycles. The van der Waals surface area contributed by atoms with Gasteiger partial charge in [0.25, 0.3) is 0 Å². The first-order valence-corrected chi connectivity index (χ1v) is 7.50. The average Bonchev–Trinajstić information content (AvgIpc) is 2.37. The monoisotopic (exact) mass is 245 g/mol. The second-order valence-electron chi connectivity index (χ2n) is 5.97. The third-order valence-corrected chi connectivity index (χ3v) is 4.36. The number of hydrogen-bond donors (Lipinski definition) is 1. The second-order valence-corrected chi connectivity index (χ2v) is 5.97. The highest BCUT2D eigenvalue weighted by molar-refractivity contribution is 5.25. The molecule has 1 unspecified atom stereocenters. The Labute approximate surface area is 112 Å². The lowest BCUT2D eigenvalue weighted by atomic mass is 9.77. The molecule has 1 nitrogen and oxygen atoms in total. The molecule has 1 aliphatic rings. The van der Waals surface area contributed by atoms with E-state index < -0.39 is 0 Å². The quantitative estimate of drug-likeness (QED) is 0.825. The molecule has 0 heterocycles. The molecule has 1 fully saturated rings. The van der Waals surface area contributed by atoms with Crippen molar-refractivity contribution in [1.29, 1.82) is 0 Å². The van der Waals surface area contributed by atoms with E-state index in [0.717, 1.165) is 18.4 Å². The highest BCUT2D eigenvalue weighted by Gasteiger charge is 2.26. The first-order chi connectivity index (χ1) is 8.70. The normalized spacial score (nSPS) is 25.9. The first-order valence-electron chi connectivity index (χ1n) is 7.50. The van der Waals surface area contributed by atoms with Gasteiger partial charge in [0.1, 0.15) is 0 Å². The van der Waals surface area contributed by atoms with Crippen LogP contribution in [0.4, 0.5) is 0 Å². The Balaban J connectivity index is 2.12. The molecule has 0 aromatic heterocycles. The van der Waals surface area contributed by atoms with E-state index in [9.17, 15) is 0 Å². The highest BCUT2D eigenvalue weighted by atomic mass is 14.9. The lowest BCUT2D eigenvalue weighted by molar-refractivity contribution is 0.233. The molecule has 0 spiro atoms. The van der Waals surface area contributed by atoms with Gasteiger partial charge in [-0.3, -0.25) is 0 Å². The molecular weight excluding hydrogens is 218 g/mol. The van der Waals surface area contributed by atoms with Crippen molar-refractivity contribution >= 4 is 0 Å². The van der Waals surface area contributed by atoms with Gasteiger partial charge < -0.3 is 5.32 Å². The molecule has 100 valence electrons. The van der Waals surface area contributed by atoms with Crippen molar-refractivity contribution in [2.75, 3.05) is 6.54 Å². The number of benzene rings is 1. The topological polar surface area (TPSA) is 12.0 Å². The molecule has 1 atom stereocenters. The lowest BCUT2D eigenvalue weighted by Gasteiger charge is -2.33. The molecule has 1 aliphatic carbocycles. The van der Waals surface area contributed by atoms with Gasteiger partial charge in [0.05, 0.1) is 0 Å². The van der Waals surface area contributed by atoms with Crippen molar-refractivity contribution in [2.24, 2.45) is 11.8 Å². The van der Waals surface area contributed by atoms with Gasteiger partial charge in [0, 0.05) is 6.04 Å². The van der Waals surface area contributed by atoms with Crippen LogP contribution in [0, 0.1) is 18.8 Å². The van der Waals surface area contributed by atoms with Crippen LogP contribution in [0.3, 0.4) is 0 Å². The van der Waals surface area contributed by atoms with Crippen molar-refractivity contribution in [3.63, 3.8) is 0 Å². The smallest absolute Gasteiger partial charge is 0.0348 e. The van der Waals surface area contributed by atoms with Crippen LogP contribution in [0.1, 0.15) is 56.7 Å². The SMILES string of the molecule is CCNC(c1cccc(C)c1)C1CCC(C)CC1. The summed E-state index contributed by atoms with van der Waals surface area (Å²) in [6.07, 6.45) is 5.57. The Morgan fingerprint density at radius 1 is 1.22 bits per heavy atom. The summed E-state index contributed by atoms with van der Waals surface area (Å²) in [5.41, 5.74) is 2.86. The van der Waals surface area contributed by atoms with Gasteiger partial charge in [-0.2, -0.15) is 0 Å². The van der Waals surface area contributed by atoms with Crippen molar-refractivity contribution in [3.05, 3.63) is 35.4 Å². The minimum absolute atomic E-state index is 0.558. The van der Waals surface area contributed by atoms with Crippen molar-refractivity contribution < 1.29 is 0 Å². The fourth-order valence-corrected chi connectivity index (χ4v) is 3.26. The molecule has 18 heavy (non-hydrogen) atoms. The summed E-state index contributed by atoms with van der Waals surface area (Å²) in [7, 11) is 0. The van der Waals surface area contributed by atoms with Crippen LogP contribution < -0.4 is 5.32 Å². The molecule has 1 aromatic rings. The summed E-state index contributed by atoms with van der Waals surface area (Å²) in [5.74, 6) is 1.75. The largest absolute Gasteiger partial charge is 0.310 e. The third-order valence-electron chi connectivity index (χ3n) is 4.36. The Morgan fingerprint density at radius 2 is 1.94 bits per heavy atom. The molecule has 1 N–H and O–H groups in total. The molecule has 0 bridgehead atoms. The van der Waals surface area contributed by atoms with Crippen LogP contribution in [0.5, 0.6) is 0 Å². The second kappa shape index (κ2) is 6.38. The third kappa shape index (κ3) is 3.35. The maximum atomic E-state index is 3.71. The Bertz CT molecular complexity index is 364. The van der Waals surface area contributed by atoms with Crippen molar-refractivity contribution in [3.8, 4) is 0 Å². The summed E-state index contributed by atoms with van der Waals surface area (Å²) < 4.78 is 0. The van der Waals surface area contributed by atoms with Gasteiger partial charge in [-0.1, -0.05) is 56.5 Å². The Hall–Kier alpha value is -0.820. The number of aryl methyl sites for hydroxylation is 1. The first kappa shape index (κ1) is 13.6. The maximum absolute atomic E-state index is 3.71. The minimum Gasteiger partial charge on any atom is -0.310 e. The summed E-state index contributed by atoms with van der Waals surface area (Å²) in [6, 6.07) is 9.59. The number of hydrogen-bond acceptors (Lipinski definition) is 1. The Kier molecular flexibility index (Phi) is 4.82. The van der Waals surface area contributed by atoms with E-state index >= 15 is 0 Å². The van der Waals surface area contributed by atoms with Gasteiger partial charge >= 0.3 is 0 Å². The standard InChI is InChI=1S/C17H27N/c1-4-18-17(15-10-8-13(2)9-11-15)16-7-5-6-14(3)12-16/h5-7,12-13,15,17-18H,4,8-11H2,1-3H3. The van der Waals surface area contributed by atoms with Crippen LogP contribution in [0.15, 0.2) is 24.3 Å². The van der Waals surface area contributed by atoms with E-state index in [-0.39, 0.29) is 0 Å². The average molecular weight is 245 g/mol. The molecule has 2 rings (SSSR count). The van der Waals surface area contributed by atoms with E-state index in [1.807, 2.05) is 0 Å². The van der Waals surface area contributed by atoms with Crippen molar-refractivity contribution in [1.82, 2.24) is 5.32 Å². The van der Waals surface area contributed by atoms with E-state index in [0.29, 0.717) is 6.04 Å². The van der Waals surface area contributed by atoms with Gasteiger partial charge in [-0.05, 0) is 43.7 Å². The highest BCUT2D eigenvalue weighted by Crippen LogP contribution is 2.36. The van der Waals surface area contributed by atoms with Crippen LogP contribution in [0.2, 0.25) is 0 Å². The van der Waals surface area contributed by atoms with Crippen molar-refractivity contribution in [2.45, 2.75) is 52.5 Å². The summed E-state index contributed by atoms with van der Waals surface area (Å²) in [4.78, 5) is 0. The zero-order valence-electron chi connectivity index (χ0n) is 12.1. The molecule has 1 aromatic carbocycles. The van der Waals surface area contributed by atoms with Crippen LogP contribution in [-0.2, 0) is 0 Å². The van der Waals surface area contributed by atoms with Crippen LogP contribution in [-0.4, -0.2) is 6.54 Å². The Morgan fingerprint density at radius 3 is 2.56 bits per heavy atom. The molecular formula is C17H27N. The van der Waals surface area contributed by atoms with Gasteiger partial charge in [-0.25, -0.2) is 0 Å². The van der Waals surface area contributed by atoms with Gasteiger partial charge in [-0.15, -0.1) is 0 Å². The molecule has 1 heteroatoms. The zero-order chi connectivity index (χ0) is 13.0. The van der Waals surface area contributed by atoms with Crippen LogP contribution >= 0.6 is 0 Å². The maximum Gasteiger partial charge on any atom is 0.0348 e. The summed E-state index contributed by atoms with van der Waals surface area (Å²) in [5, 5.41) is 3.71. The summed E-state index contributed by atoms with van der Waals surface area (Å²) in [6.45, 7) is 7.86. The van der Waals surface area contributed by atoms with Crippen LogP contribution in [0.25, 0.3) is 0 Å². The zero-order valence-corrected chi connectivity index (χ0v) is 12.1. The molecule has 0 saturated heterocycles.